The zero-order chi connectivity index (χ0) is 15.0. The minimum Gasteiger partial charge on any atom is -0.497 e. The van der Waals surface area contributed by atoms with Gasteiger partial charge in [-0.3, -0.25) is 4.79 Å². The lowest BCUT2D eigenvalue weighted by Crippen LogP contribution is -2.33. The highest BCUT2D eigenvalue weighted by atomic mass is 16.5. The largest absolute Gasteiger partial charge is 0.497 e. The molecule has 0 aliphatic carbocycles. The molecule has 1 rings (SSSR count). The maximum Gasteiger partial charge on any atom is 0.253 e. The van der Waals surface area contributed by atoms with Crippen molar-refractivity contribution in [3.63, 3.8) is 0 Å². The zero-order valence-electron chi connectivity index (χ0n) is 12.7. The van der Waals surface area contributed by atoms with E-state index in [0.717, 1.165) is 12.8 Å². The van der Waals surface area contributed by atoms with Crippen LogP contribution >= 0.6 is 0 Å². The average molecular weight is 278 g/mol. The molecule has 0 bridgehead atoms. The molecular weight excluding hydrogens is 252 g/mol. The molecule has 0 saturated heterocycles. The fourth-order valence-electron chi connectivity index (χ4n) is 2.11. The Labute approximate surface area is 121 Å². The molecule has 20 heavy (non-hydrogen) atoms. The number of carbonyl (C=O) groups excluding carboxylic acids is 1. The molecule has 1 amide bonds. The van der Waals surface area contributed by atoms with Crippen LogP contribution < -0.4 is 15.8 Å². The van der Waals surface area contributed by atoms with E-state index < -0.39 is 0 Å². The average Bonchev–Trinajstić information content (AvgIpc) is 2.44. The first kappa shape index (κ1) is 16.3. The van der Waals surface area contributed by atoms with Gasteiger partial charge in [-0.2, -0.15) is 0 Å². The minimum atomic E-state index is -0.135. The third-order valence-corrected chi connectivity index (χ3v) is 3.37. The summed E-state index contributed by atoms with van der Waals surface area (Å²) in [5.74, 6) is 0.504. The Balaban J connectivity index is 2.53. The van der Waals surface area contributed by atoms with Gasteiger partial charge in [-0.15, -0.1) is 0 Å². The summed E-state index contributed by atoms with van der Waals surface area (Å²) in [6.45, 7) is 4.22. The van der Waals surface area contributed by atoms with Gasteiger partial charge in [0.2, 0.25) is 0 Å². The lowest BCUT2D eigenvalue weighted by atomic mass is 10.1. The second-order valence-corrected chi connectivity index (χ2v) is 5.18. The molecule has 0 fully saturated rings. The van der Waals surface area contributed by atoms with Crippen molar-refractivity contribution < 1.29 is 9.53 Å². The van der Waals surface area contributed by atoms with Gasteiger partial charge < -0.3 is 15.8 Å². The maximum atomic E-state index is 12.2. The molecule has 0 aliphatic rings. The fourth-order valence-corrected chi connectivity index (χ4v) is 2.11. The van der Waals surface area contributed by atoms with Crippen molar-refractivity contribution in [1.82, 2.24) is 5.32 Å². The van der Waals surface area contributed by atoms with Gasteiger partial charge in [0.1, 0.15) is 5.75 Å². The number of anilines is 1. The van der Waals surface area contributed by atoms with Gasteiger partial charge in [-0.05, 0) is 31.5 Å². The molecule has 4 heteroatoms. The van der Waals surface area contributed by atoms with Gasteiger partial charge in [0.25, 0.3) is 5.91 Å². The van der Waals surface area contributed by atoms with Crippen LogP contribution in [0.2, 0.25) is 0 Å². The van der Waals surface area contributed by atoms with E-state index >= 15 is 0 Å². The first-order chi connectivity index (χ1) is 9.58. The monoisotopic (exact) mass is 278 g/mol. The molecule has 0 heterocycles. The summed E-state index contributed by atoms with van der Waals surface area (Å²) in [4.78, 5) is 12.2. The Morgan fingerprint density at radius 2 is 2.10 bits per heavy atom. The number of unbranched alkanes of at least 4 members (excludes halogenated alkanes) is 3. The quantitative estimate of drug-likeness (QED) is 0.566. The van der Waals surface area contributed by atoms with Crippen molar-refractivity contribution in [1.29, 1.82) is 0 Å². The summed E-state index contributed by atoms with van der Waals surface area (Å²) in [6, 6.07) is 5.28. The van der Waals surface area contributed by atoms with Crippen LogP contribution in [0.25, 0.3) is 0 Å². The summed E-state index contributed by atoms with van der Waals surface area (Å²) in [7, 11) is 1.57. The molecule has 0 spiro atoms. The lowest BCUT2D eigenvalue weighted by molar-refractivity contribution is 0.0938. The number of nitrogen functional groups attached to an aromatic ring is 1. The van der Waals surface area contributed by atoms with E-state index in [1.807, 2.05) is 6.92 Å². The molecule has 112 valence electrons. The van der Waals surface area contributed by atoms with Crippen molar-refractivity contribution in [2.75, 3.05) is 12.8 Å². The van der Waals surface area contributed by atoms with Crippen molar-refractivity contribution in [2.24, 2.45) is 0 Å². The van der Waals surface area contributed by atoms with E-state index in [-0.39, 0.29) is 11.9 Å². The van der Waals surface area contributed by atoms with Crippen LogP contribution in [0.4, 0.5) is 5.69 Å². The van der Waals surface area contributed by atoms with Gasteiger partial charge in [-0.25, -0.2) is 0 Å². The smallest absolute Gasteiger partial charge is 0.253 e. The number of hydrogen-bond acceptors (Lipinski definition) is 3. The minimum absolute atomic E-state index is 0.135. The highest BCUT2D eigenvalue weighted by Gasteiger charge is 2.13. The van der Waals surface area contributed by atoms with Crippen LogP contribution in [-0.2, 0) is 0 Å². The number of benzene rings is 1. The Kier molecular flexibility index (Phi) is 6.91. The second kappa shape index (κ2) is 8.46. The summed E-state index contributed by atoms with van der Waals surface area (Å²) in [6.07, 6.45) is 5.83. The highest BCUT2D eigenvalue weighted by Crippen LogP contribution is 2.19. The van der Waals surface area contributed by atoms with E-state index in [1.165, 1.54) is 19.3 Å². The number of rotatable bonds is 8. The molecule has 1 aromatic rings. The van der Waals surface area contributed by atoms with Crippen molar-refractivity contribution in [3.8, 4) is 5.75 Å². The number of methoxy groups -OCH3 is 1. The lowest BCUT2D eigenvalue weighted by Gasteiger charge is -2.15. The molecule has 0 aliphatic heterocycles. The van der Waals surface area contributed by atoms with Crippen LogP contribution in [0.3, 0.4) is 0 Å². The number of ether oxygens (including phenoxy) is 1. The molecule has 0 aromatic heterocycles. The zero-order valence-corrected chi connectivity index (χ0v) is 12.7. The normalized spacial score (nSPS) is 11.9. The predicted octanol–water partition coefficient (Wildman–Crippen LogP) is 3.37. The second-order valence-electron chi connectivity index (χ2n) is 5.18. The van der Waals surface area contributed by atoms with E-state index in [1.54, 1.807) is 25.3 Å². The summed E-state index contributed by atoms with van der Waals surface area (Å²) < 4.78 is 5.12. The Morgan fingerprint density at radius 3 is 2.75 bits per heavy atom. The number of nitrogens with one attached hydrogen (secondary N) is 1. The number of nitrogens with two attached hydrogens (primary N) is 1. The van der Waals surface area contributed by atoms with Crippen molar-refractivity contribution in [3.05, 3.63) is 23.8 Å². The van der Waals surface area contributed by atoms with Gasteiger partial charge in [-0.1, -0.05) is 32.6 Å². The molecule has 1 atom stereocenters. The molecular formula is C16H26N2O2. The number of amides is 1. The molecule has 1 aromatic carbocycles. The maximum absolute atomic E-state index is 12.2. The van der Waals surface area contributed by atoms with E-state index in [9.17, 15) is 4.79 Å². The summed E-state index contributed by atoms with van der Waals surface area (Å²) in [5.41, 5.74) is 6.79. The first-order valence-corrected chi connectivity index (χ1v) is 7.32. The standard InChI is InChI=1S/C16H26N2O2/c1-4-5-6-7-8-12(2)18-16(19)14-11-13(20-3)9-10-15(14)17/h9-12H,4-8,17H2,1-3H3,(H,18,19). The van der Waals surface area contributed by atoms with Gasteiger partial charge >= 0.3 is 0 Å². The number of hydrogen-bond donors (Lipinski definition) is 2. The molecule has 4 nitrogen and oxygen atoms in total. The van der Waals surface area contributed by atoms with Crippen molar-refractivity contribution in [2.45, 2.75) is 52.0 Å². The molecule has 0 saturated carbocycles. The van der Waals surface area contributed by atoms with Crippen molar-refractivity contribution >= 4 is 11.6 Å². The molecule has 3 N–H and O–H groups in total. The fraction of sp³-hybridized carbons (Fsp3) is 0.562. The summed E-state index contributed by atoms with van der Waals surface area (Å²) >= 11 is 0. The Bertz CT molecular complexity index is 432. The first-order valence-electron chi connectivity index (χ1n) is 7.32. The van der Waals surface area contributed by atoms with Crippen LogP contribution in [0, 0.1) is 0 Å². The molecule has 0 radical (unpaired) electrons. The van der Waals surface area contributed by atoms with E-state index in [0.29, 0.717) is 17.0 Å². The van der Waals surface area contributed by atoms with Crippen LogP contribution in [0.1, 0.15) is 56.3 Å². The predicted molar refractivity (Wildman–Crippen MR) is 83.1 cm³/mol. The highest BCUT2D eigenvalue weighted by molar-refractivity contribution is 5.99. The molecule has 1 unspecified atom stereocenters. The van der Waals surface area contributed by atoms with Crippen LogP contribution in [-0.4, -0.2) is 19.1 Å². The summed E-state index contributed by atoms with van der Waals surface area (Å²) in [5, 5.41) is 2.99. The Morgan fingerprint density at radius 1 is 1.35 bits per heavy atom. The third-order valence-electron chi connectivity index (χ3n) is 3.37. The number of carbonyl (C=O) groups is 1. The van der Waals surface area contributed by atoms with Crippen LogP contribution in [0.5, 0.6) is 5.75 Å². The van der Waals surface area contributed by atoms with Gasteiger partial charge in [0, 0.05) is 11.7 Å². The van der Waals surface area contributed by atoms with E-state index in [2.05, 4.69) is 12.2 Å². The van der Waals surface area contributed by atoms with Gasteiger partial charge in [0.15, 0.2) is 0 Å². The van der Waals surface area contributed by atoms with Crippen LogP contribution in [0.15, 0.2) is 18.2 Å². The van der Waals surface area contributed by atoms with Gasteiger partial charge in [0.05, 0.1) is 12.7 Å². The SMILES string of the molecule is CCCCCCC(C)NC(=O)c1cc(OC)ccc1N. The third kappa shape index (κ3) is 5.11. The Hall–Kier alpha value is -1.71. The van der Waals surface area contributed by atoms with E-state index in [4.69, 9.17) is 10.5 Å². The topological polar surface area (TPSA) is 64.3 Å².